The number of thioether (sulfide) groups is 1. The number of aromatic nitrogens is 4. The van der Waals surface area contributed by atoms with Gasteiger partial charge in [0.2, 0.25) is 0 Å². The standard InChI is InChI=1S/C22H22F2N4OS2/c1-4-16-14(3)18-19(31-16)26-22(30-12-17-25-9-10-27(17)21(23)24)28(20(18)29)11-15-7-5-13(2)6-8-15/h5-10,21H,4,11-12H2,1-3H3. The van der Waals surface area contributed by atoms with Gasteiger partial charge in [0.15, 0.2) is 5.16 Å². The van der Waals surface area contributed by atoms with Crippen LogP contribution in [0.25, 0.3) is 10.2 Å². The van der Waals surface area contributed by atoms with Crippen LogP contribution in [0.1, 0.15) is 40.9 Å². The van der Waals surface area contributed by atoms with Gasteiger partial charge >= 0.3 is 6.55 Å². The van der Waals surface area contributed by atoms with Crippen molar-refractivity contribution in [3.63, 3.8) is 0 Å². The molecule has 4 rings (SSSR count). The van der Waals surface area contributed by atoms with Gasteiger partial charge < -0.3 is 0 Å². The second kappa shape index (κ2) is 8.92. The molecule has 0 aliphatic rings. The molecule has 0 bridgehead atoms. The van der Waals surface area contributed by atoms with Gasteiger partial charge in [0.25, 0.3) is 5.56 Å². The largest absolute Gasteiger partial charge is 0.319 e. The lowest BCUT2D eigenvalue weighted by molar-refractivity contribution is 0.0678. The highest BCUT2D eigenvalue weighted by atomic mass is 32.2. The van der Waals surface area contributed by atoms with E-state index < -0.39 is 6.55 Å². The van der Waals surface area contributed by atoms with Crippen LogP contribution in [-0.4, -0.2) is 19.1 Å². The Morgan fingerprint density at radius 2 is 1.94 bits per heavy atom. The molecule has 0 saturated heterocycles. The number of halogens is 2. The summed E-state index contributed by atoms with van der Waals surface area (Å²) in [7, 11) is 0. The fraction of sp³-hybridized carbons (Fsp3) is 0.318. The third kappa shape index (κ3) is 4.29. The Hall–Kier alpha value is -2.52. The maximum atomic E-state index is 13.5. The van der Waals surface area contributed by atoms with E-state index in [1.165, 1.54) is 35.5 Å². The van der Waals surface area contributed by atoms with E-state index in [0.717, 1.165) is 32.6 Å². The number of nitrogens with zero attached hydrogens (tertiary/aromatic N) is 4. The van der Waals surface area contributed by atoms with Gasteiger partial charge in [0.05, 0.1) is 17.7 Å². The fourth-order valence-electron chi connectivity index (χ4n) is 3.47. The van der Waals surface area contributed by atoms with Gasteiger partial charge in [-0.3, -0.25) is 13.9 Å². The van der Waals surface area contributed by atoms with Gasteiger partial charge in [0.1, 0.15) is 10.7 Å². The van der Waals surface area contributed by atoms with Crippen LogP contribution in [0.15, 0.2) is 46.6 Å². The average Bonchev–Trinajstić information content (AvgIpc) is 3.34. The van der Waals surface area contributed by atoms with Crippen molar-refractivity contribution in [2.45, 2.75) is 51.2 Å². The molecule has 0 N–H and O–H groups in total. The van der Waals surface area contributed by atoms with Gasteiger partial charge in [-0.25, -0.2) is 9.97 Å². The zero-order valence-electron chi connectivity index (χ0n) is 17.4. The number of alkyl halides is 2. The molecule has 0 aliphatic heterocycles. The van der Waals surface area contributed by atoms with Crippen molar-refractivity contribution in [2.24, 2.45) is 0 Å². The molecule has 9 heteroatoms. The molecule has 31 heavy (non-hydrogen) atoms. The summed E-state index contributed by atoms with van der Waals surface area (Å²) < 4.78 is 28.9. The molecule has 5 nitrogen and oxygen atoms in total. The lowest BCUT2D eigenvalue weighted by Gasteiger charge is -2.13. The fourth-order valence-corrected chi connectivity index (χ4v) is 5.58. The molecule has 0 fully saturated rings. The van der Waals surface area contributed by atoms with Crippen LogP contribution in [0, 0.1) is 13.8 Å². The first-order chi connectivity index (χ1) is 14.9. The Bertz CT molecular complexity index is 1280. The van der Waals surface area contributed by atoms with Crippen LogP contribution in [0.2, 0.25) is 0 Å². The van der Waals surface area contributed by atoms with E-state index >= 15 is 0 Å². The van der Waals surface area contributed by atoms with Crippen molar-refractivity contribution in [2.75, 3.05) is 0 Å². The number of hydrogen-bond acceptors (Lipinski definition) is 5. The van der Waals surface area contributed by atoms with Gasteiger partial charge in [-0.2, -0.15) is 8.78 Å². The average molecular weight is 461 g/mol. The third-order valence-electron chi connectivity index (χ3n) is 5.19. The normalized spacial score (nSPS) is 11.7. The van der Waals surface area contributed by atoms with Crippen LogP contribution in [0.4, 0.5) is 8.78 Å². The van der Waals surface area contributed by atoms with E-state index in [9.17, 15) is 13.6 Å². The number of hydrogen-bond donors (Lipinski definition) is 0. The van der Waals surface area contributed by atoms with Crippen molar-refractivity contribution in [3.8, 4) is 0 Å². The van der Waals surface area contributed by atoms with Crippen LogP contribution < -0.4 is 5.56 Å². The maximum Gasteiger partial charge on any atom is 0.319 e. The monoisotopic (exact) mass is 460 g/mol. The summed E-state index contributed by atoms with van der Waals surface area (Å²) in [5.41, 5.74) is 2.99. The van der Waals surface area contributed by atoms with Crippen LogP contribution >= 0.6 is 23.1 Å². The molecular weight excluding hydrogens is 438 g/mol. The molecule has 0 spiro atoms. The number of fused-ring (bicyclic) bond motifs is 1. The SMILES string of the molecule is CCc1sc2nc(SCc3nccn3C(F)F)n(Cc3ccc(C)cc3)c(=O)c2c1C. The predicted molar refractivity (Wildman–Crippen MR) is 121 cm³/mol. The molecule has 0 saturated carbocycles. The lowest BCUT2D eigenvalue weighted by atomic mass is 10.1. The highest BCUT2D eigenvalue weighted by molar-refractivity contribution is 7.98. The zero-order chi connectivity index (χ0) is 22.1. The molecule has 1 aromatic carbocycles. The molecule has 4 aromatic rings. The Kier molecular flexibility index (Phi) is 6.24. The molecule has 0 radical (unpaired) electrons. The predicted octanol–water partition coefficient (Wildman–Crippen LogP) is 5.57. The van der Waals surface area contributed by atoms with E-state index in [-0.39, 0.29) is 17.1 Å². The van der Waals surface area contributed by atoms with E-state index in [1.807, 2.05) is 38.1 Å². The Morgan fingerprint density at radius 3 is 2.61 bits per heavy atom. The van der Waals surface area contributed by atoms with Crippen LogP contribution in [0.5, 0.6) is 0 Å². The summed E-state index contributed by atoms with van der Waals surface area (Å²) in [5.74, 6) is 0.432. The summed E-state index contributed by atoms with van der Waals surface area (Å²) >= 11 is 2.77. The summed E-state index contributed by atoms with van der Waals surface area (Å²) in [6.45, 7) is 3.74. The van der Waals surface area contributed by atoms with E-state index in [1.54, 1.807) is 4.57 Å². The van der Waals surface area contributed by atoms with Crippen molar-refractivity contribution in [1.29, 1.82) is 0 Å². The summed E-state index contributed by atoms with van der Waals surface area (Å²) in [5, 5.41) is 1.15. The Morgan fingerprint density at radius 1 is 1.19 bits per heavy atom. The molecule has 3 aromatic heterocycles. The molecule has 3 heterocycles. The number of thiophene rings is 1. The zero-order valence-corrected chi connectivity index (χ0v) is 19.1. The van der Waals surface area contributed by atoms with Gasteiger partial charge in [-0.1, -0.05) is 48.5 Å². The topological polar surface area (TPSA) is 52.7 Å². The van der Waals surface area contributed by atoms with Crippen molar-refractivity contribution >= 4 is 33.3 Å². The first kappa shape index (κ1) is 21.7. The van der Waals surface area contributed by atoms with Gasteiger partial charge in [-0.15, -0.1) is 11.3 Å². The lowest BCUT2D eigenvalue weighted by Crippen LogP contribution is -2.24. The number of rotatable bonds is 7. The van der Waals surface area contributed by atoms with Crippen molar-refractivity contribution in [3.05, 3.63) is 74.4 Å². The number of benzene rings is 1. The maximum absolute atomic E-state index is 13.5. The first-order valence-electron chi connectivity index (χ1n) is 9.90. The van der Waals surface area contributed by atoms with E-state index in [2.05, 4.69) is 11.9 Å². The highest BCUT2D eigenvalue weighted by Crippen LogP contribution is 2.31. The minimum Gasteiger partial charge on any atom is -0.283 e. The summed E-state index contributed by atoms with van der Waals surface area (Å²) in [6, 6.07) is 7.98. The molecule has 0 aliphatic carbocycles. The van der Waals surface area contributed by atoms with Gasteiger partial charge in [0, 0.05) is 17.3 Å². The van der Waals surface area contributed by atoms with Crippen molar-refractivity contribution < 1.29 is 8.78 Å². The second-order valence-electron chi connectivity index (χ2n) is 7.27. The molecule has 162 valence electrons. The third-order valence-corrected chi connectivity index (χ3v) is 7.49. The Balaban J connectivity index is 1.78. The van der Waals surface area contributed by atoms with Crippen LogP contribution in [-0.2, 0) is 18.7 Å². The molecule has 0 unspecified atom stereocenters. The van der Waals surface area contributed by atoms with Crippen LogP contribution in [0.3, 0.4) is 0 Å². The molecular formula is C22H22F2N4OS2. The molecule has 0 amide bonds. The van der Waals surface area contributed by atoms with Gasteiger partial charge in [-0.05, 0) is 31.4 Å². The Labute approximate surface area is 186 Å². The smallest absolute Gasteiger partial charge is 0.283 e. The second-order valence-corrected chi connectivity index (χ2v) is 9.30. The van der Waals surface area contributed by atoms with E-state index in [4.69, 9.17) is 4.98 Å². The highest BCUT2D eigenvalue weighted by Gasteiger charge is 2.19. The summed E-state index contributed by atoms with van der Waals surface area (Å²) in [4.78, 5) is 24.1. The van der Waals surface area contributed by atoms with Crippen molar-refractivity contribution in [1.82, 2.24) is 19.1 Å². The number of aryl methyl sites for hydroxylation is 3. The van der Waals surface area contributed by atoms with E-state index in [0.29, 0.717) is 21.9 Å². The minimum absolute atomic E-state index is 0.0984. The molecule has 0 atom stereocenters. The minimum atomic E-state index is -2.66. The quantitative estimate of drug-likeness (QED) is 0.267. The first-order valence-corrected chi connectivity index (χ1v) is 11.7. The number of imidazole rings is 1. The summed E-state index contributed by atoms with van der Waals surface area (Å²) in [6.07, 6.45) is 3.44.